The standard InChI is InChI=1S/C4H4FIO/c1-3(5)2-4(6)7/h2H,1H3/b3-2+. The smallest absolute Gasteiger partial charge is 0.217 e. The normalized spacial score (nSPS) is 11.6. The quantitative estimate of drug-likeness (QED) is 0.369. The van der Waals surface area contributed by atoms with Gasteiger partial charge in [0.1, 0.15) is 5.83 Å². The Hall–Kier alpha value is 0.0700. The van der Waals surface area contributed by atoms with E-state index in [2.05, 4.69) is 0 Å². The molecule has 0 saturated heterocycles. The molecule has 1 nitrogen and oxygen atoms in total. The predicted molar refractivity (Wildman–Crippen MR) is 33.9 cm³/mol. The van der Waals surface area contributed by atoms with E-state index in [4.69, 9.17) is 0 Å². The van der Waals surface area contributed by atoms with Crippen molar-refractivity contribution in [3.8, 4) is 0 Å². The maximum atomic E-state index is 11.6. The summed E-state index contributed by atoms with van der Waals surface area (Å²) >= 11 is 1.50. The van der Waals surface area contributed by atoms with Crippen LogP contribution in [0.25, 0.3) is 0 Å². The number of hydrogen-bond acceptors (Lipinski definition) is 1. The number of hydrogen-bond donors (Lipinski definition) is 0. The third-order valence-corrected chi connectivity index (χ3v) is 0.624. The molecule has 0 aromatic carbocycles. The van der Waals surface area contributed by atoms with E-state index in [1.807, 2.05) is 0 Å². The molecule has 0 aliphatic rings. The van der Waals surface area contributed by atoms with Gasteiger partial charge in [-0.3, -0.25) is 4.79 Å². The van der Waals surface area contributed by atoms with Crippen molar-refractivity contribution in [3.63, 3.8) is 0 Å². The second-order valence-corrected chi connectivity index (χ2v) is 2.10. The predicted octanol–water partition coefficient (Wildman–Crippen LogP) is 1.82. The van der Waals surface area contributed by atoms with Crippen molar-refractivity contribution in [1.82, 2.24) is 0 Å². The van der Waals surface area contributed by atoms with Gasteiger partial charge in [0.05, 0.1) is 0 Å². The van der Waals surface area contributed by atoms with Crippen LogP contribution >= 0.6 is 22.6 Å². The van der Waals surface area contributed by atoms with Crippen molar-refractivity contribution in [2.24, 2.45) is 0 Å². The van der Waals surface area contributed by atoms with Gasteiger partial charge in [-0.2, -0.15) is 0 Å². The van der Waals surface area contributed by atoms with Crippen LogP contribution in [0.3, 0.4) is 0 Å². The first-order chi connectivity index (χ1) is 3.13. The highest BCUT2D eigenvalue weighted by Gasteiger charge is 1.86. The van der Waals surface area contributed by atoms with Gasteiger partial charge < -0.3 is 0 Å². The lowest BCUT2D eigenvalue weighted by Gasteiger charge is -1.74. The summed E-state index contributed by atoms with van der Waals surface area (Å²) in [7, 11) is 0. The topological polar surface area (TPSA) is 17.1 Å². The SMILES string of the molecule is C/C(F)=C\C(=O)I. The molecule has 0 spiro atoms. The molecule has 0 radical (unpaired) electrons. The molecule has 0 rings (SSSR count). The van der Waals surface area contributed by atoms with E-state index < -0.39 is 5.83 Å². The first-order valence-corrected chi connectivity index (χ1v) is 2.74. The fourth-order valence-electron chi connectivity index (χ4n) is 0.156. The molecule has 0 aliphatic heterocycles. The lowest BCUT2D eigenvalue weighted by molar-refractivity contribution is -0.105. The molecule has 0 bridgehead atoms. The Balaban J connectivity index is 3.68. The third-order valence-electron chi connectivity index (χ3n) is 0.312. The van der Waals surface area contributed by atoms with E-state index in [1.165, 1.54) is 29.5 Å². The van der Waals surface area contributed by atoms with Gasteiger partial charge in [-0.05, 0) is 6.92 Å². The van der Waals surface area contributed by atoms with Crippen molar-refractivity contribution in [2.45, 2.75) is 6.92 Å². The van der Waals surface area contributed by atoms with Crippen LogP contribution in [0, 0.1) is 0 Å². The molecule has 3 heteroatoms. The maximum Gasteiger partial charge on any atom is 0.217 e. The Morgan fingerprint density at radius 1 is 1.86 bits per heavy atom. The Kier molecular flexibility index (Phi) is 3.15. The number of halogens is 2. The minimum atomic E-state index is -0.445. The van der Waals surface area contributed by atoms with E-state index in [-0.39, 0.29) is 3.79 Å². The molecule has 0 aliphatic carbocycles. The molecule has 0 heterocycles. The van der Waals surface area contributed by atoms with Crippen LogP contribution in [-0.2, 0) is 4.79 Å². The molecule has 0 fully saturated rings. The monoisotopic (exact) mass is 214 g/mol. The summed E-state index contributed by atoms with van der Waals surface area (Å²) in [6, 6.07) is 0. The maximum absolute atomic E-state index is 11.6. The summed E-state index contributed by atoms with van der Waals surface area (Å²) in [4.78, 5) is 9.92. The van der Waals surface area contributed by atoms with Gasteiger partial charge in [-0.1, -0.05) is 0 Å². The summed E-state index contributed by atoms with van der Waals surface area (Å²) < 4.78 is 11.3. The van der Waals surface area contributed by atoms with Crippen LogP contribution in [0.1, 0.15) is 6.92 Å². The van der Waals surface area contributed by atoms with Gasteiger partial charge in [0, 0.05) is 28.7 Å². The van der Waals surface area contributed by atoms with Gasteiger partial charge in [0.15, 0.2) is 0 Å². The Morgan fingerprint density at radius 3 is 2.29 bits per heavy atom. The molecule has 0 atom stereocenters. The zero-order chi connectivity index (χ0) is 5.86. The molecule has 40 valence electrons. The second kappa shape index (κ2) is 3.12. The van der Waals surface area contributed by atoms with Gasteiger partial charge >= 0.3 is 0 Å². The lowest BCUT2D eigenvalue weighted by atomic mass is 10.5. The molecular formula is C4H4FIO. The van der Waals surface area contributed by atoms with E-state index in [0.717, 1.165) is 6.08 Å². The molecule has 0 aromatic heterocycles. The molecule has 0 N–H and O–H groups in total. The van der Waals surface area contributed by atoms with Crippen molar-refractivity contribution in [3.05, 3.63) is 11.9 Å². The summed E-state index contributed by atoms with van der Waals surface area (Å²) in [6.07, 6.45) is 0.931. The highest BCUT2D eigenvalue weighted by atomic mass is 127. The minimum Gasteiger partial charge on any atom is -0.283 e. The van der Waals surface area contributed by atoms with Crippen molar-refractivity contribution < 1.29 is 9.18 Å². The summed E-state index contributed by atoms with van der Waals surface area (Å²) in [5.41, 5.74) is 0. The molecular weight excluding hydrogens is 210 g/mol. The van der Waals surface area contributed by atoms with Crippen LogP contribution in [0.5, 0.6) is 0 Å². The van der Waals surface area contributed by atoms with Crippen molar-refractivity contribution >= 4 is 26.4 Å². The average Bonchev–Trinajstić information content (AvgIpc) is 1.27. The lowest BCUT2D eigenvalue weighted by Crippen LogP contribution is -1.73. The van der Waals surface area contributed by atoms with Crippen LogP contribution in [0.4, 0.5) is 4.39 Å². The average molecular weight is 214 g/mol. The van der Waals surface area contributed by atoms with Crippen LogP contribution < -0.4 is 0 Å². The molecule has 0 unspecified atom stereocenters. The van der Waals surface area contributed by atoms with Crippen LogP contribution in [0.2, 0.25) is 0 Å². The fourth-order valence-corrected chi connectivity index (χ4v) is 0.585. The van der Waals surface area contributed by atoms with E-state index in [0.29, 0.717) is 0 Å². The van der Waals surface area contributed by atoms with Gasteiger partial charge in [0.2, 0.25) is 3.79 Å². The Bertz CT molecular complexity index is 104. The molecule has 7 heavy (non-hydrogen) atoms. The number of carbonyl (C=O) groups excluding carboxylic acids is 1. The molecule has 0 aromatic rings. The van der Waals surface area contributed by atoms with E-state index in [1.54, 1.807) is 0 Å². The van der Waals surface area contributed by atoms with Crippen LogP contribution in [-0.4, -0.2) is 3.79 Å². The van der Waals surface area contributed by atoms with Crippen molar-refractivity contribution in [2.75, 3.05) is 0 Å². The minimum absolute atomic E-state index is 0.280. The molecule has 0 saturated carbocycles. The fraction of sp³-hybridized carbons (Fsp3) is 0.250. The van der Waals surface area contributed by atoms with E-state index in [9.17, 15) is 9.18 Å². The highest BCUT2D eigenvalue weighted by molar-refractivity contribution is 14.1. The number of carbonyl (C=O) groups is 1. The van der Waals surface area contributed by atoms with Gasteiger partial charge in [0.25, 0.3) is 0 Å². The van der Waals surface area contributed by atoms with Crippen molar-refractivity contribution in [1.29, 1.82) is 0 Å². The number of allylic oxidation sites excluding steroid dienone is 2. The highest BCUT2D eigenvalue weighted by Crippen LogP contribution is 1.95. The third kappa shape index (κ3) is 6.07. The second-order valence-electron chi connectivity index (χ2n) is 1.04. The summed E-state index contributed by atoms with van der Waals surface area (Å²) in [6.45, 7) is 1.23. The summed E-state index contributed by atoms with van der Waals surface area (Å²) in [5, 5.41) is 0. The van der Waals surface area contributed by atoms with Gasteiger partial charge in [-0.15, -0.1) is 0 Å². The number of rotatable bonds is 1. The Labute approximate surface area is 54.7 Å². The molecule has 0 amide bonds. The zero-order valence-electron chi connectivity index (χ0n) is 3.74. The Morgan fingerprint density at radius 2 is 2.29 bits per heavy atom. The van der Waals surface area contributed by atoms with Crippen LogP contribution in [0.15, 0.2) is 11.9 Å². The largest absolute Gasteiger partial charge is 0.283 e. The zero-order valence-corrected chi connectivity index (χ0v) is 5.90. The summed E-state index contributed by atoms with van der Waals surface area (Å²) in [5.74, 6) is -0.445. The first-order valence-electron chi connectivity index (χ1n) is 1.66. The van der Waals surface area contributed by atoms with E-state index >= 15 is 0 Å². The first kappa shape index (κ1) is 7.07. The van der Waals surface area contributed by atoms with Gasteiger partial charge in [-0.25, -0.2) is 4.39 Å².